The standard InChI is InChI=1S/C82H160O17P2/c1-7-9-11-13-15-17-19-21-25-30-34-40-46-52-58-64-79(84)92-70-77(98-82(87)67-61-55-49-42-36-32-28-24-23-27-29-33-38-44-50-56-62-74(3)4)72-96-100(88,89)94-68-76(83)69-95-101(90,91)97-73-78(71-93-80(85)65-59-53-47-43-37-39-45-51-57-63-75(5)6)99-81(86)66-60-54-48-41-35-31-26-22-20-18-16-14-12-10-8-2/h74-78,83H,7-73H2,1-6H3,(H,88,89)(H,90,91)/t76-,77-,78-/m1/s1. The third kappa shape index (κ3) is 76.1. The molecular formula is C82H160O17P2. The quantitative estimate of drug-likeness (QED) is 0.0222. The van der Waals surface area contributed by atoms with Gasteiger partial charge in [0.1, 0.15) is 19.3 Å². The maximum absolute atomic E-state index is 13.1. The molecule has 3 N–H and O–H groups in total. The Morgan fingerprint density at radius 3 is 0.673 bits per heavy atom. The van der Waals surface area contributed by atoms with Gasteiger partial charge in [-0.1, -0.05) is 382 Å². The summed E-state index contributed by atoms with van der Waals surface area (Å²) >= 11 is 0. The summed E-state index contributed by atoms with van der Waals surface area (Å²) in [6.07, 6.45) is 63.7. The molecule has 0 heterocycles. The second-order valence-corrected chi connectivity index (χ2v) is 33.4. The van der Waals surface area contributed by atoms with E-state index in [0.29, 0.717) is 25.7 Å². The third-order valence-electron chi connectivity index (χ3n) is 19.2. The van der Waals surface area contributed by atoms with Crippen LogP contribution in [0.1, 0.15) is 433 Å². The molecule has 0 aromatic rings. The zero-order chi connectivity index (χ0) is 74.2. The van der Waals surface area contributed by atoms with Crippen molar-refractivity contribution in [1.29, 1.82) is 0 Å². The van der Waals surface area contributed by atoms with E-state index in [1.165, 1.54) is 250 Å². The zero-order valence-electron chi connectivity index (χ0n) is 66.2. The molecule has 0 bridgehead atoms. The number of carbonyl (C=O) groups excluding carboxylic acids is 4. The topological polar surface area (TPSA) is 237 Å². The molecule has 0 aliphatic carbocycles. The highest BCUT2D eigenvalue weighted by atomic mass is 31.2. The second kappa shape index (κ2) is 73.6. The van der Waals surface area contributed by atoms with Crippen LogP contribution in [0, 0.1) is 11.8 Å². The summed E-state index contributed by atoms with van der Waals surface area (Å²) in [7, 11) is -9.92. The van der Waals surface area contributed by atoms with E-state index >= 15 is 0 Å². The van der Waals surface area contributed by atoms with Gasteiger partial charge >= 0.3 is 39.5 Å². The molecule has 0 saturated carbocycles. The molecule has 17 nitrogen and oxygen atoms in total. The van der Waals surface area contributed by atoms with Crippen LogP contribution in [0.4, 0.5) is 0 Å². The molecule has 0 aromatic carbocycles. The Bertz CT molecular complexity index is 1940. The molecule has 0 saturated heterocycles. The Hall–Kier alpha value is -1.94. The summed E-state index contributed by atoms with van der Waals surface area (Å²) in [5, 5.41) is 10.7. The average molecular weight is 1480 g/mol. The first-order valence-corrected chi connectivity index (χ1v) is 45.5. The molecule has 600 valence electrons. The molecule has 2 unspecified atom stereocenters. The lowest BCUT2D eigenvalue weighted by molar-refractivity contribution is -0.161. The number of hydrogen-bond donors (Lipinski definition) is 3. The van der Waals surface area contributed by atoms with E-state index in [1.807, 2.05) is 0 Å². The van der Waals surface area contributed by atoms with Crippen LogP contribution in [0.2, 0.25) is 0 Å². The number of aliphatic hydroxyl groups is 1. The van der Waals surface area contributed by atoms with Crippen LogP contribution in [0.5, 0.6) is 0 Å². The van der Waals surface area contributed by atoms with E-state index in [9.17, 15) is 43.2 Å². The molecule has 0 amide bonds. The van der Waals surface area contributed by atoms with Gasteiger partial charge in [0.25, 0.3) is 0 Å². The Labute approximate surface area is 619 Å². The Kier molecular flexibility index (Phi) is 72.2. The predicted molar refractivity (Wildman–Crippen MR) is 414 cm³/mol. The van der Waals surface area contributed by atoms with E-state index in [-0.39, 0.29) is 25.7 Å². The molecular weight excluding hydrogens is 1320 g/mol. The third-order valence-corrected chi connectivity index (χ3v) is 21.1. The molecule has 101 heavy (non-hydrogen) atoms. The van der Waals surface area contributed by atoms with Crippen molar-refractivity contribution in [3.8, 4) is 0 Å². The van der Waals surface area contributed by atoms with Gasteiger partial charge in [0.05, 0.1) is 26.4 Å². The summed E-state index contributed by atoms with van der Waals surface area (Å²) in [5.41, 5.74) is 0. The summed E-state index contributed by atoms with van der Waals surface area (Å²) in [6.45, 7) is 9.66. The predicted octanol–water partition coefficient (Wildman–Crippen LogP) is 24.7. The normalized spacial score (nSPS) is 13.9. The Morgan fingerprint density at radius 2 is 0.455 bits per heavy atom. The van der Waals surface area contributed by atoms with Gasteiger partial charge < -0.3 is 33.8 Å². The van der Waals surface area contributed by atoms with E-state index in [0.717, 1.165) is 102 Å². The van der Waals surface area contributed by atoms with Gasteiger partial charge in [-0.05, 0) is 37.5 Å². The smallest absolute Gasteiger partial charge is 0.462 e. The summed E-state index contributed by atoms with van der Waals surface area (Å²) < 4.78 is 68.8. The average Bonchev–Trinajstić information content (AvgIpc) is 0.924. The van der Waals surface area contributed by atoms with Crippen LogP contribution in [-0.4, -0.2) is 96.7 Å². The molecule has 0 aromatic heterocycles. The molecule has 0 fully saturated rings. The fourth-order valence-corrected chi connectivity index (χ4v) is 14.3. The largest absolute Gasteiger partial charge is 0.472 e. The summed E-state index contributed by atoms with van der Waals surface area (Å²) in [5.74, 6) is -0.552. The number of rotatable bonds is 81. The minimum Gasteiger partial charge on any atom is -0.462 e. The summed E-state index contributed by atoms with van der Waals surface area (Å²) in [4.78, 5) is 73.1. The molecule has 0 aliphatic heterocycles. The number of ether oxygens (including phenoxy) is 4. The van der Waals surface area contributed by atoms with Gasteiger partial charge in [-0.25, -0.2) is 9.13 Å². The van der Waals surface area contributed by atoms with Gasteiger partial charge in [0, 0.05) is 25.7 Å². The van der Waals surface area contributed by atoms with Crippen molar-refractivity contribution in [3.05, 3.63) is 0 Å². The number of phosphoric acid groups is 2. The Balaban J connectivity index is 5.26. The molecule has 0 rings (SSSR count). The maximum atomic E-state index is 13.1. The maximum Gasteiger partial charge on any atom is 0.472 e. The van der Waals surface area contributed by atoms with Gasteiger partial charge in [0.15, 0.2) is 12.2 Å². The monoisotopic (exact) mass is 1480 g/mol. The minimum absolute atomic E-state index is 0.108. The lowest BCUT2D eigenvalue weighted by Gasteiger charge is -2.21. The SMILES string of the molecule is CCCCCCCCCCCCCCCCCC(=O)OC[C@H](COP(=O)(O)OC[C@@H](O)COP(=O)(O)OC[C@@H](COC(=O)CCCCCCCCCCCC(C)C)OC(=O)CCCCCCCCCCCCCCCCC)OC(=O)CCCCCCCCCCCCCCCCCCC(C)C. The van der Waals surface area contributed by atoms with Crippen molar-refractivity contribution >= 4 is 39.5 Å². The number of phosphoric ester groups is 2. The Morgan fingerprint density at radius 1 is 0.267 bits per heavy atom. The number of esters is 4. The van der Waals surface area contributed by atoms with Crippen LogP contribution in [0.25, 0.3) is 0 Å². The number of unbranched alkanes of at least 4 members (excludes halogenated alkanes) is 51. The van der Waals surface area contributed by atoms with Crippen LogP contribution >= 0.6 is 15.6 Å². The van der Waals surface area contributed by atoms with Crippen LogP contribution < -0.4 is 0 Å². The van der Waals surface area contributed by atoms with Gasteiger partial charge in [-0.15, -0.1) is 0 Å². The van der Waals surface area contributed by atoms with Crippen LogP contribution in [0.3, 0.4) is 0 Å². The fourth-order valence-electron chi connectivity index (χ4n) is 12.7. The lowest BCUT2D eigenvalue weighted by atomic mass is 10.0. The van der Waals surface area contributed by atoms with Crippen molar-refractivity contribution in [3.63, 3.8) is 0 Å². The first kappa shape index (κ1) is 99.1. The first-order valence-electron chi connectivity index (χ1n) is 42.5. The molecule has 5 atom stereocenters. The first-order chi connectivity index (χ1) is 48.9. The number of carbonyl (C=O) groups is 4. The highest BCUT2D eigenvalue weighted by Crippen LogP contribution is 2.45. The number of aliphatic hydroxyl groups excluding tert-OH is 1. The van der Waals surface area contributed by atoms with Crippen molar-refractivity contribution in [2.45, 2.75) is 452 Å². The fraction of sp³-hybridized carbons (Fsp3) is 0.951. The van der Waals surface area contributed by atoms with Gasteiger partial charge in [-0.3, -0.25) is 37.3 Å². The van der Waals surface area contributed by atoms with Crippen LogP contribution in [0.15, 0.2) is 0 Å². The highest BCUT2D eigenvalue weighted by molar-refractivity contribution is 7.47. The van der Waals surface area contributed by atoms with E-state index in [1.54, 1.807) is 0 Å². The van der Waals surface area contributed by atoms with E-state index in [2.05, 4.69) is 41.5 Å². The minimum atomic E-state index is -4.96. The van der Waals surface area contributed by atoms with E-state index in [4.69, 9.17) is 37.0 Å². The lowest BCUT2D eigenvalue weighted by Crippen LogP contribution is -2.30. The molecule has 19 heteroatoms. The summed E-state index contributed by atoms with van der Waals surface area (Å²) in [6, 6.07) is 0. The van der Waals surface area contributed by atoms with Crippen molar-refractivity contribution in [2.24, 2.45) is 11.8 Å². The van der Waals surface area contributed by atoms with Crippen molar-refractivity contribution in [1.82, 2.24) is 0 Å². The van der Waals surface area contributed by atoms with E-state index < -0.39 is 97.5 Å². The molecule has 0 radical (unpaired) electrons. The van der Waals surface area contributed by atoms with Gasteiger partial charge in [0.2, 0.25) is 0 Å². The highest BCUT2D eigenvalue weighted by Gasteiger charge is 2.30. The number of hydrogen-bond acceptors (Lipinski definition) is 15. The second-order valence-electron chi connectivity index (χ2n) is 30.5. The van der Waals surface area contributed by atoms with Crippen molar-refractivity contribution in [2.75, 3.05) is 39.6 Å². The molecule has 0 aliphatic rings. The van der Waals surface area contributed by atoms with Gasteiger partial charge in [-0.2, -0.15) is 0 Å². The van der Waals surface area contributed by atoms with Crippen LogP contribution in [-0.2, 0) is 65.4 Å². The zero-order valence-corrected chi connectivity index (χ0v) is 68.0. The van der Waals surface area contributed by atoms with Crippen molar-refractivity contribution < 1.29 is 80.2 Å². The molecule has 0 spiro atoms.